The van der Waals surface area contributed by atoms with Crippen molar-refractivity contribution < 1.29 is 24.8 Å². The van der Waals surface area contributed by atoms with Gasteiger partial charge in [-0.1, -0.05) is 0 Å². The maximum atomic E-state index is 9.78. The van der Waals surface area contributed by atoms with E-state index in [1.807, 2.05) is 0 Å². The minimum atomic E-state index is -1.15. The minimum Gasteiger partial charge on any atom is -0.396 e. The summed E-state index contributed by atoms with van der Waals surface area (Å²) in [4.78, 5) is 0. The van der Waals surface area contributed by atoms with E-state index in [-0.39, 0.29) is 13.2 Å². The number of aliphatic hydroxyl groups excluding tert-OH is 3. The number of hydrogen-bond acceptors (Lipinski definition) is 5. The first-order valence-corrected chi connectivity index (χ1v) is 4.64. The molecule has 2 bridgehead atoms. The normalized spacial score (nSPS) is 51.4. The molecule has 0 spiro atoms. The van der Waals surface area contributed by atoms with Crippen LogP contribution in [0.1, 0.15) is 6.42 Å². The molecule has 5 atom stereocenters. The number of rotatable bonds is 3. The van der Waals surface area contributed by atoms with Crippen molar-refractivity contribution in [1.29, 1.82) is 0 Å². The molecule has 2 heterocycles. The molecule has 6 heteroatoms. The molecule has 2 aliphatic heterocycles. The molecule has 78 valence electrons. The Kier molecular flexibility index (Phi) is 2.57. The minimum absolute atomic E-state index is 0.0789. The van der Waals surface area contributed by atoms with E-state index in [4.69, 9.17) is 22.4 Å². The third kappa shape index (κ3) is 1.15. The number of ether oxygens (including phenoxy) is 2. The van der Waals surface area contributed by atoms with Crippen LogP contribution in [0.3, 0.4) is 0 Å². The highest BCUT2D eigenvalue weighted by molar-refractivity contribution is 6.11. The van der Waals surface area contributed by atoms with Gasteiger partial charge in [-0.3, -0.25) is 0 Å². The van der Waals surface area contributed by atoms with Gasteiger partial charge >= 0.3 is 0 Å². The van der Waals surface area contributed by atoms with Crippen molar-refractivity contribution in [3.8, 4) is 0 Å². The summed E-state index contributed by atoms with van der Waals surface area (Å²) >= 11 is 0. The van der Waals surface area contributed by atoms with E-state index in [0.717, 1.165) is 0 Å². The van der Waals surface area contributed by atoms with Crippen molar-refractivity contribution in [3.05, 3.63) is 0 Å². The zero-order chi connectivity index (χ0) is 10.3. The van der Waals surface area contributed by atoms with E-state index in [1.54, 1.807) is 0 Å². The lowest BCUT2D eigenvalue weighted by atomic mass is 9.89. The summed E-state index contributed by atoms with van der Waals surface area (Å²) in [5.74, 6) is 0. The maximum absolute atomic E-state index is 9.78. The van der Waals surface area contributed by atoms with Gasteiger partial charge in [-0.25, -0.2) is 0 Å². The molecule has 0 aliphatic carbocycles. The van der Waals surface area contributed by atoms with Crippen LogP contribution in [0, 0.1) is 0 Å². The lowest BCUT2D eigenvalue weighted by Gasteiger charge is -2.35. The fourth-order valence-electron chi connectivity index (χ4n) is 2.23. The Bertz CT molecular complexity index is 226. The predicted octanol–water partition coefficient (Wildman–Crippen LogP) is -2.25. The lowest BCUT2D eigenvalue weighted by Crippen LogP contribution is -2.51. The second-order valence-corrected chi connectivity index (χ2v) is 3.74. The van der Waals surface area contributed by atoms with Gasteiger partial charge in [-0.15, -0.1) is 0 Å². The Labute approximate surface area is 83.0 Å². The third-order valence-corrected chi connectivity index (χ3v) is 3.00. The van der Waals surface area contributed by atoms with Crippen molar-refractivity contribution >= 4 is 7.85 Å². The molecule has 2 aliphatic rings. The van der Waals surface area contributed by atoms with Crippen molar-refractivity contribution in [3.63, 3.8) is 0 Å². The standard InChI is InChI=1S/C8H13BO5/c9-7-5-6(12)8(3-11,14-7)4(13-5)1-2-10/h4-7,10-12H,1-3H2/t4-,5+,6-,7+,8-/m0/s1. The number of hydrogen-bond donors (Lipinski definition) is 3. The smallest absolute Gasteiger partial charge is 0.145 e. The van der Waals surface area contributed by atoms with Crippen LogP contribution in [0.4, 0.5) is 0 Å². The molecule has 0 saturated carbocycles. The monoisotopic (exact) mass is 200 g/mol. The summed E-state index contributed by atoms with van der Waals surface area (Å²) in [5, 5.41) is 27.8. The van der Waals surface area contributed by atoms with Gasteiger partial charge < -0.3 is 24.8 Å². The second kappa shape index (κ2) is 3.46. The molecule has 14 heavy (non-hydrogen) atoms. The fraction of sp³-hybridized carbons (Fsp3) is 1.00. The Morgan fingerprint density at radius 3 is 2.57 bits per heavy atom. The van der Waals surface area contributed by atoms with Gasteiger partial charge in [-0.05, 0) is 6.42 Å². The largest absolute Gasteiger partial charge is 0.396 e. The van der Waals surface area contributed by atoms with Crippen molar-refractivity contribution in [2.75, 3.05) is 13.2 Å². The van der Waals surface area contributed by atoms with Crippen LogP contribution in [-0.2, 0) is 9.47 Å². The van der Waals surface area contributed by atoms with E-state index in [1.165, 1.54) is 0 Å². The summed E-state index contributed by atoms with van der Waals surface area (Å²) in [7, 11) is 5.55. The van der Waals surface area contributed by atoms with Gasteiger partial charge in [0.2, 0.25) is 0 Å². The average molecular weight is 200 g/mol. The molecule has 2 rings (SSSR count). The first kappa shape index (κ1) is 10.4. The molecule has 2 fully saturated rings. The van der Waals surface area contributed by atoms with Gasteiger partial charge in [0, 0.05) is 12.6 Å². The van der Waals surface area contributed by atoms with Crippen LogP contribution in [0.5, 0.6) is 0 Å². The van der Waals surface area contributed by atoms with E-state index in [0.29, 0.717) is 6.42 Å². The van der Waals surface area contributed by atoms with E-state index in [2.05, 4.69) is 0 Å². The summed E-state index contributed by atoms with van der Waals surface area (Å²) in [5.41, 5.74) is -1.15. The van der Waals surface area contributed by atoms with Gasteiger partial charge in [0.1, 0.15) is 25.7 Å². The molecular weight excluding hydrogens is 187 g/mol. The molecule has 2 saturated heterocycles. The maximum Gasteiger partial charge on any atom is 0.145 e. The average Bonchev–Trinajstić information content (AvgIpc) is 2.56. The van der Waals surface area contributed by atoms with Crippen LogP contribution in [0.25, 0.3) is 0 Å². The molecule has 2 radical (unpaired) electrons. The van der Waals surface area contributed by atoms with E-state index in [9.17, 15) is 10.2 Å². The summed E-state index contributed by atoms with van der Waals surface area (Å²) in [6, 6.07) is -0.702. The highest BCUT2D eigenvalue weighted by Crippen LogP contribution is 2.44. The Hall–Kier alpha value is -0.135. The van der Waals surface area contributed by atoms with Gasteiger partial charge in [0.15, 0.2) is 0 Å². The van der Waals surface area contributed by atoms with Crippen molar-refractivity contribution in [2.24, 2.45) is 0 Å². The third-order valence-electron chi connectivity index (χ3n) is 3.00. The van der Waals surface area contributed by atoms with Crippen molar-refractivity contribution in [1.82, 2.24) is 0 Å². The molecule has 0 aromatic heterocycles. The number of aliphatic hydroxyl groups is 3. The predicted molar refractivity (Wildman–Crippen MR) is 46.8 cm³/mol. The molecular formula is C8H13BO5. The quantitative estimate of drug-likeness (QED) is 0.448. The Balaban J connectivity index is 2.20. The Morgan fingerprint density at radius 2 is 2.07 bits per heavy atom. The molecule has 0 aromatic carbocycles. The zero-order valence-corrected chi connectivity index (χ0v) is 7.67. The van der Waals surface area contributed by atoms with Crippen LogP contribution in [0.2, 0.25) is 0 Å². The molecule has 5 nitrogen and oxygen atoms in total. The topological polar surface area (TPSA) is 79.2 Å². The second-order valence-electron chi connectivity index (χ2n) is 3.74. The fourth-order valence-corrected chi connectivity index (χ4v) is 2.23. The SMILES string of the molecule is [B][C@@H]1O[C@@]2(CO)[C@H](CCO)O[C@@H]1[C@@H]2O. The van der Waals surface area contributed by atoms with E-state index < -0.39 is 29.9 Å². The van der Waals surface area contributed by atoms with Gasteiger partial charge in [0.05, 0.1) is 12.7 Å². The van der Waals surface area contributed by atoms with Crippen LogP contribution < -0.4 is 0 Å². The van der Waals surface area contributed by atoms with Gasteiger partial charge in [0.25, 0.3) is 0 Å². The lowest BCUT2D eigenvalue weighted by molar-refractivity contribution is -0.183. The van der Waals surface area contributed by atoms with E-state index >= 15 is 0 Å². The molecule has 0 amide bonds. The highest BCUT2D eigenvalue weighted by Gasteiger charge is 2.64. The van der Waals surface area contributed by atoms with Crippen molar-refractivity contribution in [2.45, 2.75) is 36.3 Å². The molecule has 3 N–H and O–H groups in total. The van der Waals surface area contributed by atoms with Crippen LogP contribution >= 0.6 is 0 Å². The first-order valence-electron chi connectivity index (χ1n) is 4.64. The van der Waals surface area contributed by atoms with Gasteiger partial charge in [-0.2, -0.15) is 0 Å². The summed E-state index contributed by atoms with van der Waals surface area (Å²) in [6.45, 7) is -0.437. The zero-order valence-electron chi connectivity index (χ0n) is 7.67. The summed E-state index contributed by atoms with van der Waals surface area (Å²) < 4.78 is 10.7. The number of fused-ring (bicyclic) bond motifs is 2. The highest BCUT2D eigenvalue weighted by atomic mass is 16.6. The van der Waals surface area contributed by atoms with Crippen LogP contribution in [0.15, 0.2) is 0 Å². The Morgan fingerprint density at radius 1 is 1.36 bits per heavy atom. The molecule has 0 aromatic rings. The molecule has 0 unspecified atom stereocenters. The summed E-state index contributed by atoms with van der Waals surface area (Å²) in [6.07, 6.45) is -1.68. The van der Waals surface area contributed by atoms with Crippen LogP contribution in [-0.4, -0.2) is 66.3 Å². The first-order chi connectivity index (χ1) is 6.65.